The van der Waals surface area contributed by atoms with Crippen molar-refractivity contribution in [2.24, 2.45) is 5.92 Å². The van der Waals surface area contributed by atoms with Gasteiger partial charge in [-0.2, -0.15) is 0 Å². The van der Waals surface area contributed by atoms with Crippen LogP contribution in [0.5, 0.6) is 0 Å². The summed E-state index contributed by atoms with van der Waals surface area (Å²) in [6.07, 6.45) is 5.49. The molecule has 164 valence electrons. The fourth-order valence-corrected chi connectivity index (χ4v) is 6.19. The Kier molecular flexibility index (Phi) is 5.75. The number of hydrogen-bond donors (Lipinski definition) is 1. The van der Waals surface area contributed by atoms with Gasteiger partial charge in [-0.25, -0.2) is 4.79 Å². The summed E-state index contributed by atoms with van der Waals surface area (Å²) in [6.45, 7) is 7.43. The smallest absolute Gasteiger partial charge is 0.318 e. The number of piperidine rings is 2. The molecule has 0 unspecified atom stereocenters. The lowest BCUT2D eigenvalue weighted by molar-refractivity contribution is 0.00521. The van der Waals surface area contributed by atoms with Crippen LogP contribution >= 0.6 is 0 Å². The molecule has 0 bridgehead atoms. The van der Waals surface area contributed by atoms with Crippen LogP contribution in [-0.2, 0) is 6.42 Å². The van der Waals surface area contributed by atoms with Crippen LogP contribution in [0.4, 0.5) is 4.79 Å². The first-order chi connectivity index (χ1) is 15.1. The van der Waals surface area contributed by atoms with Gasteiger partial charge in [-0.1, -0.05) is 61.0 Å². The Labute approximate surface area is 186 Å². The number of hydrogen-bond acceptors (Lipinski definition) is 2. The van der Waals surface area contributed by atoms with Crippen LogP contribution in [0.3, 0.4) is 0 Å². The first-order valence-electron chi connectivity index (χ1n) is 12.1. The molecule has 1 N–H and O–H groups in total. The highest BCUT2D eigenvalue weighted by molar-refractivity contribution is 5.75. The van der Waals surface area contributed by atoms with Crippen LogP contribution in [0.2, 0.25) is 0 Å². The fourth-order valence-electron chi connectivity index (χ4n) is 6.19. The van der Waals surface area contributed by atoms with Crippen LogP contribution in [-0.4, -0.2) is 41.5 Å². The highest BCUT2D eigenvalue weighted by Gasteiger charge is 2.44. The number of aryl methyl sites for hydroxylation is 1. The molecular formula is C27H35N3O. The molecule has 3 aliphatic heterocycles. The second-order valence-corrected chi connectivity index (χ2v) is 9.68. The Morgan fingerprint density at radius 1 is 1.16 bits per heavy atom. The van der Waals surface area contributed by atoms with Gasteiger partial charge in [0.1, 0.15) is 0 Å². The van der Waals surface area contributed by atoms with Gasteiger partial charge in [0.2, 0.25) is 0 Å². The van der Waals surface area contributed by atoms with Gasteiger partial charge in [-0.3, -0.25) is 4.90 Å². The highest BCUT2D eigenvalue weighted by Crippen LogP contribution is 2.42. The lowest BCUT2D eigenvalue weighted by atomic mass is 9.77. The molecule has 4 atom stereocenters. The highest BCUT2D eigenvalue weighted by atomic mass is 16.2. The van der Waals surface area contributed by atoms with Gasteiger partial charge < -0.3 is 10.2 Å². The number of nitrogens with zero attached hydrogens (tertiary/aromatic N) is 2. The van der Waals surface area contributed by atoms with E-state index in [0.29, 0.717) is 18.0 Å². The minimum Gasteiger partial charge on any atom is -0.331 e. The Hall–Kier alpha value is -2.33. The van der Waals surface area contributed by atoms with E-state index in [4.69, 9.17) is 0 Å². The molecule has 3 aliphatic rings. The molecule has 0 saturated carbocycles. The zero-order valence-electron chi connectivity index (χ0n) is 18.9. The van der Waals surface area contributed by atoms with E-state index < -0.39 is 0 Å². The summed E-state index contributed by atoms with van der Waals surface area (Å²) in [5, 5.41) is 3.38. The summed E-state index contributed by atoms with van der Waals surface area (Å²) in [5.41, 5.74) is 5.44. The fraction of sp³-hybridized carbons (Fsp3) is 0.519. The molecule has 0 aromatic heterocycles. The van der Waals surface area contributed by atoms with E-state index in [9.17, 15) is 4.79 Å². The van der Waals surface area contributed by atoms with Crippen molar-refractivity contribution in [2.45, 2.75) is 64.1 Å². The Bertz CT molecular complexity index is 942. The molecule has 0 radical (unpaired) electrons. The predicted octanol–water partition coefficient (Wildman–Crippen LogP) is 5.24. The van der Waals surface area contributed by atoms with E-state index in [2.05, 4.69) is 77.5 Å². The monoisotopic (exact) mass is 417 g/mol. The minimum absolute atomic E-state index is 0.0725. The van der Waals surface area contributed by atoms with Gasteiger partial charge in [-0.15, -0.1) is 0 Å². The number of carbonyl (C=O) groups is 1. The van der Waals surface area contributed by atoms with Crippen LogP contribution in [0.25, 0.3) is 0 Å². The van der Waals surface area contributed by atoms with Crippen molar-refractivity contribution in [3.05, 3.63) is 70.8 Å². The maximum Gasteiger partial charge on any atom is 0.318 e. The molecule has 4 nitrogen and oxygen atoms in total. The van der Waals surface area contributed by atoms with E-state index in [1.165, 1.54) is 28.7 Å². The minimum atomic E-state index is 0.0725. The Morgan fingerprint density at radius 2 is 2.03 bits per heavy atom. The summed E-state index contributed by atoms with van der Waals surface area (Å²) in [7, 11) is 0. The number of benzene rings is 2. The number of likely N-dealkylation sites (tertiary alicyclic amines) is 1. The third-order valence-corrected chi connectivity index (χ3v) is 7.79. The summed E-state index contributed by atoms with van der Waals surface area (Å²) >= 11 is 0. The Morgan fingerprint density at radius 3 is 2.87 bits per heavy atom. The van der Waals surface area contributed by atoms with Crippen molar-refractivity contribution in [1.29, 1.82) is 0 Å². The van der Waals surface area contributed by atoms with Crippen LogP contribution in [0.1, 0.15) is 66.9 Å². The van der Waals surface area contributed by atoms with Crippen molar-refractivity contribution < 1.29 is 4.79 Å². The second kappa shape index (κ2) is 8.66. The topological polar surface area (TPSA) is 35.6 Å². The third kappa shape index (κ3) is 3.98. The second-order valence-electron chi connectivity index (χ2n) is 9.68. The quantitative estimate of drug-likeness (QED) is 0.741. The molecule has 0 spiro atoms. The standard InChI is InChI=1S/C27H35N3O/c1-3-24(21-10-6-8-19(2)16-21)28-27(31)30-14-7-11-22-18-29-15-13-20-9-4-5-12-23(20)26(29)17-25(22)30/h4-6,8-10,12,16,22,24-26H,3,7,11,13-15,17-18H2,1-2H3,(H,28,31)/t22-,24-,25+,26-/m1/s1. The van der Waals surface area contributed by atoms with Crippen LogP contribution in [0.15, 0.2) is 48.5 Å². The van der Waals surface area contributed by atoms with Crippen LogP contribution in [0, 0.1) is 12.8 Å². The summed E-state index contributed by atoms with van der Waals surface area (Å²) in [5.74, 6) is 0.597. The SMILES string of the molecule is CC[C@@H](NC(=O)N1CCC[C@@H]2CN3CCc4ccccc4[C@H]3C[C@@H]21)c1cccc(C)c1. The van der Waals surface area contributed by atoms with E-state index in [1.807, 2.05) is 0 Å². The van der Waals surface area contributed by atoms with E-state index in [0.717, 1.165) is 45.3 Å². The predicted molar refractivity (Wildman–Crippen MR) is 125 cm³/mol. The normalized spacial score (nSPS) is 26.4. The van der Waals surface area contributed by atoms with Gasteiger partial charge in [0.05, 0.1) is 6.04 Å². The first-order valence-corrected chi connectivity index (χ1v) is 12.1. The number of carbonyl (C=O) groups excluding carboxylic acids is 1. The largest absolute Gasteiger partial charge is 0.331 e. The molecule has 31 heavy (non-hydrogen) atoms. The molecule has 0 aliphatic carbocycles. The molecule has 2 aromatic rings. The van der Waals surface area contributed by atoms with Crippen molar-refractivity contribution in [3.63, 3.8) is 0 Å². The Balaban J connectivity index is 1.35. The average Bonchev–Trinajstić information content (AvgIpc) is 2.80. The zero-order valence-corrected chi connectivity index (χ0v) is 18.9. The van der Waals surface area contributed by atoms with Gasteiger partial charge in [0, 0.05) is 31.7 Å². The van der Waals surface area contributed by atoms with Crippen molar-refractivity contribution >= 4 is 6.03 Å². The average molecular weight is 418 g/mol. The first kappa shape index (κ1) is 20.6. The van der Waals surface area contributed by atoms with Crippen molar-refractivity contribution in [3.8, 4) is 0 Å². The van der Waals surface area contributed by atoms with E-state index >= 15 is 0 Å². The molecule has 2 amide bonds. The molecular weight excluding hydrogens is 382 g/mol. The van der Waals surface area contributed by atoms with Gasteiger partial charge >= 0.3 is 6.03 Å². The van der Waals surface area contributed by atoms with E-state index in [-0.39, 0.29) is 12.1 Å². The number of urea groups is 1. The van der Waals surface area contributed by atoms with E-state index in [1.54, 1.807) is 0 Å². The van der Waals surface area contributed by atoms with Gasteiger partial charge in [-0.05, 0) is 61.6 Å². The van der Waals surface area contributed by atoms with Gasteiger partial charge in [0.25, 0.3) is 0 Å². The lowest BCUT2D eigenvalue weighted by Gasteiger charge is -2.52. The summed E-state index contributed by atoms with van der Waals surface area (Å²) in [6, 6.07) is 18.5. The maximum absolute atomic E-state index is 13.5. The number of nitrogens with one attached hydrogen (secondary N) is 1. The number of rotatable bonds is 3. The lowest BCUT2D eigenvalue weighted by Crippen LogP contribution is -2.59. The molecule has 2 saturated heterocycles. The third-order valence-electron chi connectivity index (χ3n) is 7.79. The molecule has 4 heteroatoms. The van der Waals surface area contributed by atoms with Crippen molar-refractivity contribution in [2.75, 3.05) is 19.6 Å². The molecule has 2 aromatic carbocycles. The zero-order chi connectivity index (χ0) is 21.4. The maximum atomic E-state index is 13.5. The summed E-state index contributed by atoms with van der Waals surface area (Å²) in [4.78, 5) is 18.4. The van der Waals surface area contributed by atoms with Gasteiger partial charge in [0.15, 0.2) is 0 Å². The number of amides is 2. The van der Waals surface area contributed by atoms with Crippen molar-refractivity contribution in [1.82, 2.24) is 15.1 Å². The molecule has 2 fully saturated rings. The van der Waals surface area contributed by atoms with Crippen LogP contribution < -0.4 is 5.32 Å². The summed E-state index contributed by atoms with van der Waals surface area (Å²) < 4.78 is 0. The molecule has 3 heterocycles. The number of fused-ring (bicyclic) bond motifs is 4. The molecule has 5 rings (SSSR count).